The van der Waals surface area contributed by atoms with Gasteiger partial charge in [-0.2, -0.15) is 0 Å². The lowest BCUT2D eigenvalue weighted by Crippen LogP contribution is -2.38. The van der Waals surface area contributed by atoms with Crippen LogP contribution in [0.3, 0.4) is 0 Å². The van der Waals surface area contributed by atoms with Crippen LogP contribution in [-0.4, -0.2) is 63.2 Å². The fraction of sp³-hybridized carbons (Fsp3) is 0.519. The van der Waals surface area contributed by atoms with Gasteiger partial charge in [-0.3, -0.25) is 9.69 Å². The predicted molar refractivity (Wildman–Crippen MR) is 129 cm³/mol. The summed E-state index contributed by atoms with van der Waals surface area (Å²) >= 11 is 0. The summed E-state index contributed by atoms with van der Waals surface area (Å²) in [4.78, 5) is 17.3. The number of amides is 1. The van der Waals surface area contributed by atoms with Gasteiger partial charge in [-0.25, -0.2) is 0 Å². The largest absolute Gasteiger partial charge is 0.497 e. The van der Waals surface area contributed by atoms with E-state index in [1.165, 1.54) is 11.1 Å². The maximum Gasteiger partial charge on any atom is 0.226 e. The quantitative estimate of drug-likeness (QED) is 0.572. The summed E-state index contributed by atoms with van der Waals surface area (Å²) in [5.41, 5.74) is 2.58. The Morgan fingerprint density at radius 2 is 1.76 bits per heavy atom. The minimum absolute atomic E-state index is 0.166. The van der Waals surface area contributed by atoms with Crippen molar-refractivity contribution >= 4 is 5.91 Å². The third kappa shape index (κ3) is 5.44. The summed E-state index contributed by atoms with van der Waals surface area (Å²) in [7, 11) is 5.27. The molecular weight excluding hydrogens is 416 g/mol. The lowest BCUT2D eigenvalue weighted by atomic mass is 9.90. The molecule has 6 heteroatoms. The second-order valence-electron chi connectivity index (χ2n) is 9.49. The van der Waals surface area contributed by atoms with E-state index in [2.05, 4.69) is 17.9 Å². The summed E-state index contributed by atoms with van der Waals surface area (Å²) in [6, 6.07) is 14.0. The van der Waals surface area contributed by atoms with Gasteiger partial charge in [0, 0.05) is 31.1 Å². The van der Waals surface area contributed by atoms with Gasteiger partial charge in [-0.05, 0) is 62.9 Å². The van der Waals surface area contributed by atoms with Gasteiger partial charge in [0.2, 0.25) is 5.91 Å². The normalized spacial score (nSPS) is 19.2. The monoisotopic (exact) mass is 452 g/mol. The third-order valence-electron chi connectivity index (χ3n) is 7.32. The lowest BCUT2D eigenvalue weighted by molar-refractivity contribution is -0.132. The molecule has 0 radical (unpaired) electrons. The number of hydrogen-bond donors (Lipinski definition) is 0. The molecule has 2 aromatic rings. The van der Waals surface area contributed by atoms with Gasteiger partial charge in [-0.15, -0.1) is 0 Å². The molecule has 178 valence electrons. The molecule has 4 rings (SSSR count). The van der Waals surface area contributed by atoms with Crippen molar-refractivity contribution in [2.24, 2.45) is 11.3 Å². The topological polar surface area (TPSA) is 51.2 Å². The van der Waals surface area contributed by atoms with Crippen LogP contribution >= 0.6 is 0 Å². The highest BCUT2D eigenvalue weighted by molar-refractivity contribution is 5.82. The minimum Gasteiger partial charge on any atom is -0.497 e. The molecule has 1 aliphatic carbocycles. The number of benzene rings is 2. The molecule has 1 atom stereocenters. The molecule has 0 N–H and O–H groups in total. The van der Waals surface area contributed by atoms with Crippen LogP contribution in [0.25, 0.3) is 0 Å². The van der Waals surface area contributed by atoms with Crippen LogP contribution in [0.2, 0.25) is 0 Å². The number of carbonyl (C=O) groups excluding carboxylic acids is 1. The Balaban J connectivity index is 1.23. The average molecular weight is 453 g/mol. The maximum absolute atomic E-state index is 13.0. The first-order valence-electron chi connectivity index (χ1n) is 11.8. The Morgan fingerprint density at radius 1 is 1.06 bits per heavy atom. The third-order valence-corrected chi connectivity index (χ3v) is 7.32. The first-order chi connectivity index (χ1) is 15.9. The molecule has 1 saturated heterocycles. The van der Waals surface area contributed by atoms with Crippen LogP contribution in [0.1, 0.15) is 30.4 Å². The summed E-state index contributed by atoms with van der Waals surface area (Å²) in [5, 5.41) is 0. The molecule has 0 aromatic heterocycles. The van der Waals surface area contributed by atoms with E-state index in [1.807, 2.05) is 48.3 Å². The molecule has 1 aliphatic heterocycles. The van der Waals surface area contributed by atoms with E-state index in [-0.39, 0.29) is 17.2 Å². The Kier molecular flexibility index (Phi) is 7.13. The predicted octanol–water partition coefficient (Wildman–Crippen LogP) is 4.15. The van der Waals surface area contributed by atoms with Crippen molar-refractivity contribution in [2.75, 3.05) is 47.5 Å². The Bertz CT molecular complexity index is 951. The number of likely N-dealkylation sites (tertiary alicyclic amines) is 1. The molecule has 6 nitrogen and oxygen atoms in total. The molecule has 0 bridgehead atoms. The zero-order valence-corrected chi connectivity index (χ0v) is 20.3. The molecule has 0 unspecified atom stereocenters. The Labute approximate surface area is 197 Å². The van der Waals surface area contributed by atoms with E-state index in [0.29, 0.717) is 13.2 Å². The molecule has 33 heavy (non-hydrogen) atoms. The number of aryl methyl sites for hydroxylation is 1. The number of methoxy groups -OCH3 is 2. The van der Waals surface area contributed by atoms with Crippen LogP contribution in [0.15, 0.2) is 42.5 Å². The molecule has 2 aromatic carbocycles. The number of piperidine rings is 1. The highest BCUT2D eigenvalue weighted by Gasteiger charge is 2.58. The number of ether oxygens (including phenoxy) is 3. The minimum atomic E-state index is 0.166. The van der Waals surface area contributed by atoms with Crippen molar-refractivity contribution in [2.45, 2.75) is 32.7 Å². The van der Waals surface area contributed by atoms with E-state index in [9.17, 15) is 4.79 Å². The first-order valence-corrected chi connectivity index (χ1v) is 11.8. The van der Waals surface area contributed by atoms with Crippen molar-refractivity contribution in [3.63, 3.8) is 0 Å². The van der Waals surface area contributed by atoms with Crippen LogP contribution in [0.4, 0.5) is 0 Å². The molecule has 2 fully saturated rings. The molecule has 1 heterocycles. The van der Waals surface area contributed by atoms with E-state index in [0.717, 1.165) is 56.1 Å². The van der Waals surface area contributed by atoms with Crippen molar-refractivity contribution in [3.8, 4) is 17.2 Å². The van der Waals surface area contributed by atoms with E-state index < -0.39 is 0 Å². The number of nitrogens with zero attached hydrogens (tertiary/aromatic N) is 2. The van der Waals surface area contributed by atoms with Gasteiger partial charge >= 0.3 is 0 Å². The van der Waals surface area contributed by atoms with Gasteiger partial charge in [-0.1, -0.05) is 23.8 Å². The SMILES string of the molecule is COc1ccc(CN2CCC3(CC2)C[C@@H]3C(=O)N(C)CCOc2ccc(C)cc2)c(OC)c1. The molecule has 1 saturated carbocycles. The number of likely N-dealkylation sites (N-methyl/N-ethyl adjacent to an activating group) is 1. The summed E-state index contributed by atoms with van der Waals surface area (Å²) in [6.45, 7) is 6.07. The van der Waals surface area contributed by atoms with Gasteiger partial charge in [0.1, 0.15) is 23.9 Å². The molecule has 1 amide bonds. The van der Waals surface area contributed by atoms with Crippen LogP contribution in [0, 0.1) is 18.3 Å². The summed E-state index contributed by atoms with van der Waals surface area (Å²) in [6.07, 6.45) is 3.18. The maximum atomic E-state index is 13.0. The van der Waals surface area contributed by atoms with Crippen LogP contribution in [0.5, 0.6) is 17.2 Å². The number of carbonyl (C=O) groups is 1. The van der Waals surface area contributed by atoms with Crippen molar-refractivity contribution in [1.82, 2.24) is 9.80 Å². The van der Waals surface area contributed by atoms with E-state index >= 15 is 0 Å². The molecule has 1 spiro atoms. The smallest absolute Gasteiger partial charge is 0.226 e. The molecular formula is C27H36N2O4. The second-order valence-corrected chi connectivity index (χ2v) is 9.49. The van der Waals surface area contributed by atoms with Gasteiger partial charge in [0.15, 0.2) is 0 Å². The van der Waals surface area contributed by atoms with E-state index in [1.54, 1.807) is 14.2 Å². The fourth-order valence-electron chi connectivity index (χ4n) is 4.94. The fourth-order valence-corrected chi connectivity index (χ4v) is 4.94. The Hall–Kier alpha value is -2.73. The average Bonchev–Trinajstić information content (AvgIpc) is 3.54. The zero-order valence-electron chi connectivity index (χ0n) is 20.3. The zero-order chi connectivity index (χ0) is 23.4. The van der Waals surface area contributed by atoms with Crippen LogP contribution < -0.4 is 14.2 Å². The van der Waals surface area contributed by atoms with E-state index in [4.69, 9.17) is 14.2 Å². The van der Waals surface area contributed by atoms with Gasteiger partial charge < -0.3 is 19.1 Å². The van der Waals surface area contributed by atoms with Crippen molar-refractivity contribution in [1.29, 1.82) is 0 Å². The highest BCUT2D eigenvalue weighted by atomic mass is 16.5. The summed E-state index contributed by atoms with van der Waals surface area (Å²) in [5.74, 6) is 2.96. The van der Waals surface area contributed by atoms with Crippen LogP contribution in [-0.2, 0) is 11.3 Å². The Morgan fingerprint density at radius 3 is 2.42 bits per heavy atom. The first kappa shape index (κ1) is 23.4. The van der Waals surface area contributed by atoms with Crippen molar-refractivity contribution < 1.29 is 19.0 Å². The molecule has 2 aliphatic rings. The van der Waals surface area contributed by atoms with Crippen molar-refractivity contribution in [3.05, 3.63) is 53.6 Å². The number of hydrogen-bond acceptors (Lipinski definition) is 5. The second kappa shape index (κ2) is 10.0. The lowest BCUT2D eigenvalue weighted by Gasteiger charge is -2.33. The number of rotatable bonds is 9. The standard InChI is InChI=1S/C27H36N2O4/c1-20-5-8-22(9-6-20)33-16-15-28(2)26(30)24-18-27(24)11-13-29(14-12-27)19-21-7-10-23(31-3)17-25(21)32-4/h5-10,17,24H,11-16,18-19H2,1-4H3/t24-/m1/s1. The van der Waals surface area contributed by atoms with Gasteiger partial charge in [0.25, 0.3) is 0 Å². The van der Waals surface area contributed by atoms with Gasteiger partial charge in [0.05, 0.1) is 20.8 Å². The summed E-state index contributed by atoms with van der Waals surface area (Å²) < 4.78 is 16.7. The highest BCUT2D eigenvalue weighted by Crippen LogP contribution is 2.60.